The van der Waals surface area contributed by atoms with Gasteiger partial charge in [0.25, 0.3) is 0 Å². The van der Waals surface area contributed by atoms with Crippen molar-refractivity contribution in [3.63, 3.8) is 0 Å². The minimum absolute atomic E-state index is 0.189. The fourth-order valence-electron chi connectivity index (χ4n) is 2.97. The molecular formula is C17H18N2O6S. The number of nitrogens with one attached hydrogen (secondary N) is 1. The molecule has 8 nitrogen and oxygen atoms in total. The van der Waals surface area contributed by atoms with Gasteiger partial charge in [-0.25, -0.2) is 4.98 Å². The number of hydrogen-bond donors (Lipinski definition) is 3. The standard InChI is InChI=1S/C17H18N2O6S/c20-6-15-11(21)5-13(25-15)10-7-26-17(18-10)19-16(22)4-9-1-2-12-14(3-9)24-8-23-12/h1-3,7,11,13,15,20-21H,4-6,8H2,(H,18,19,22)/t11-,13+,15+/m0/s1. The summed E-state index contributed by atoms with van der Waals surface area (Å²) in [5, 5.41) is 24.0. The minimum Gasteiger partial charge on any atom is -0.454 e. The average Bonchev–Trinajstić information content (AvgIpc) is 3.33. The van der Waals surface area contributed by atoms with Gasteiger partial charge in [0.05, 0.1) is 24.8 Å². The molecule has 0 aliphatic carbocycles. The van der Waals surface area contributed by atoms with Crippen molar-refractivity contribution < 1.29 is 29.2 Å². The highest BCUT2D eigenvalue weighted by molar-refractivity contribution is 7.13. The van der Waals surface area contributed by atoms with Crippen molar-refractivity contribution in [2.45, 2.75) is 31.2 Å². The predicted octanol–water partition coefficient (Wildman–Crippen LogP) is 1.24. The van der Waals surface area contributed by atoms with E-state index in [0.717, 1.165) is 5.56 Å². The summed E-state index contributed by atoms with van der Waals surface area (Å²) in [7, 11) is 0. The van der Waals surface area contributed by atoms with Gasteiger partial charge >= 0.3 is 0 Å². The van der Waals surface area contributed by atoms with Crippen LogP contribution in [-0.4, -0.2) is 46.7 Å². The zero-order valence-electron chi connectivity index (χ0n) is 13.8. The Bertz CT molecular complexity index is 810. The zero-order valence-corrected chi connectivity index (χ0v) is 14.6. The number of thiazole rings is 1. The monoisotopic (exact) mass is 378 g/mol. The molecule has 3 heterocycles. The van der Waals surface area contributed by atoms with Gasteiger partial charge in [0, 0.05) is 11.8 Å². The number of rotatable bonds is 5. The molecule has 26 heavy (non-hydrogen) atoms. The SMILES string of the molecule is O=C(Cc1ccc2c(c1)OCO2)Nc1nc([C@H]2C[C@H](O)[C@@H](CO)O2)cs1. The first-order valence-corrected chi connectivity index (χ1v) is 9.08. The summed E-state index contributed by atoms with van der Waals surface area (Å²) in [6.45, 7) is -0.0388. The normalized spacial score (nSPS) is 24.0. The third kappa shape index (κ3) is 3.51. The number of anilines is 1. The molecule has 138 valence electrons. The molecule has 1 fully saturated rings. The highest BCUT2D eigenvalue weighted by Crippen LogP contribution is 2.35. The number of ether oxygens (including phenoxy) is 3. The predicted molar refractivity (Wildman–Crippen MR) is 92.3 cm³/mol. The van der Waals surface area contributed by atoms with Crippen LogP contribution in [0.4, 0.5) is 5.13 Å². The molecule has 0 bridgehead atoms. The Morgan fingerprint density at radius 1 is 1.35 bits per heavy atom. The molecule has 4 rings (SSSR count). The van der Waals surface area contributed by atoms with Crippen LogP contribution in [0.5, 0.6) is 11.5 Å². The van der Waals surface area contributed by atoms with Crippen molar-refractivity contribution >= 4 is 22.4 Å². The lowest BCUT2D eigenvalue weighted by atomic mass is 10.1. The summed E-state index contributed by atoms with van der Waals surface area (Å²) in [6.07, 6.45) is -1.12. The van der Waals surface area contributed by atoms with Crippen LogP contribution in [0.2, 0.25) is 0 Å². The first-order chi connectivity index (χ1) is 12.6. The maximum Gasteiger partial charge on any atom is 0.231 e. The molecule has 0 spiro atoms. The van der Waals surface area contributed by atoms with E-state index >= 15 is 0 Å². The van der Waals surface area contributed by atoms with Gasteiger partial charge in [-0.1, -0.05) is 6.07 Å². The smallest absolute Gasteiger partial charge is 0.231 e. The van der Waals surface area contributed by atoms with Crippen molar-refractivity contribution in [3.8, 4) is 11.5 Å². The second-order valence-electron chi connectivity index (χ2n) is 6.14. The summed E-state index contributed by atoms with van der Waals surface area (Å²) < 4.78 is 16.1. The van der Waals surface area contributed by atoms with Crippen molar-refractivity contribution in [2.75, 3.05) is 18.7 Å². The molecule has 2 aliphatic heterocycles. The number of benzene rings is 1. The van der Waals surface area contributed by atoms with E-state index in [1.165, 1.54) is 11.3 Å². The molecule has 3 atom stereocenters. The minimum atomic E-state index is -0.712. The van der Waals surface area contributed by atoms with Crippen LogP contribution in [0.1, 0.15) is 23.8 Å². The molecule has 0 saturated carbocycles. The van der Waals surface area contributed by atoms with Gasteiger partial charge in [0.15, 0.2) is 16.6 Å². The molecule has 1 saturated heterocycles. The largest absolute Gasteiger partial charge is 0.454 e. The number of aliphatic hydroxyl groups excluding tert-OH is 2. The van der Waals surface area contributed by atoms with Gasteiger partial charge in [-0.15, -0.1) is 11.3 Å². The van der Waals surface area contributed by atoms with Crippen molar-refractivity contribution in [3.05, 3.63) is 34.8 Å². The maximum absolute atomic E-state index is 12.2. The van der Waals surface area contributed by atoms with Crippen LogP contribution in [0.25, 0.3) is 0 Å². The number of carbonyl (C=O) groups excluding carboxylic acids is 1. The van der Waals surface area contributed by atoms with E-state index in [2.05, 4.69) is 10.3 Å². The Balaban J connectivity index is 1.36. The van der Waals surface area contributed by atoms with Gasteiger partial charge in [0.2, 0.25) is 12.7 Å². The lowest BCUT2D eigenvalue weighted by Gasteiger charge is -2.10. The lowest BCUT2D eigenvalue weighted by molar-refractivity contribution is -0.115. The highest BCUT2D eigenvalue weighted by Gasteiger charge is 2.35. The van der Waals surface area contributed by atoms with Gasteiger partial charge in [-0.3, -0.25) is 4.79 Å². The van der Waals surface area contributed by atoms with E-state index in [-0.39, 0.29) is 31.8 Å². The topological polar surface area (TPSA) is 110 Å². The van der Waals surface area contributed by atoms with Crippen LogP contribution >= 0.6 is 11.3 Å². The number of aliphatic hydroxyl groups is 2. The van der Waals surface area contributed by atoms with E-state index in [1.54, 1.807) is 17.5 Å². The van der Waals surface area contributed by atoms with Crippen molar-refractivity contribution in [1.82, 2.24) is 4.98 Å². The van der Waals surface area contributed by atoms with Gasteiger partial charge in [0.1, 0.15) is 12.2 Å². The molecule has 1 aromatic carbocycles. The van der Waals surface area contributed by atoms with Gasteiger partial charge < -0.3 is 29.7 Å². The number of hydrogen-bond acceptors (Lipinski definition) is 8. The Morgan fingerprint density at radius 3 is 3.00 bits per heavy atom. The molecule has 2 aromatic rings. The summed E-state index contributed by atoms with van der Waals surface area (Å²) in [5.41, 5.74) is 1.46. The number of nitrogens with zero attached hydrogens (tertiary/aromatic N) is 1. The Hall–Kier alpha value is -2.20. The van der Waals surface area contributed by atoms with Gasteiger partial charge in [-0.05, 0) is 17.7 Å². The zero-order chi connectivity index (χ0) is 18.1. The average molecular weight is 378 g/mol. The van der Waals surface area contributed by atoms with Crippen LogP contribution in [0.3, 0.4) is 0 Å². The number of fused-ring (bicyclic) bond motifs is 1. The van der Waals surface area contributed by atoms with E-state index in [1.807, 2.05) is 6.07 Å². The number of carbonyl (C=O) groups is 1. The molecule has 1 aromatic heterocycles. The maximum atomic E-state index is 12.2. The van der Waals surface area contributed by atoms with E-state index < -0.39 is 12.2 Å². The second kappa shape index (κ2) is 7.20. The van der Waals surface area contributed by atoms with Crippen LogP contribution in [-0.2, 0) is 16.0 Å². The highest BCUT2D eigenvalue weighted by atomic mass is 32.1. The summed E-state index contributed by atoms with van der Waals surface area (Å²) in [5.74, 6) is 1.13. The summed E-state index contributed by atoms with van der Waals surface area (Å²) in [6, 6.07) is 5.40. The summed E-state index contributed by atoms with van der Waals surface area (Å²) >= 11 is 1.29. The molecule has 0 radical (unpaired) electrons. The van der Waals surface area contributed by atoms with Crippen LogP contribution < -0.4 is 14.8 Å². The Kier molecular flexibility index (Phi) is 4.77. The molecule has 1 amide bonds. The fourth-order valence-corrected chi connectivity index (χ4v) is 3.74. The molecule has 2 aliphatic rings. The van der Waals surface area contributed by atoms with Gasteiger partial charge in [-0.2, -0.15) is 0 Å². The number of aromatic nitrogens is 1. The summed E-state index contributed by atoms with van der Waals surface area (Å²) in [4.78, 5) is 16.6. The van der Waals surface area contributed by atoms with E-state index in [0.29, 0.717) is 28.7 Å². The second-order valence-corrected chi connectivity index (χ2v) is 7.00. The quantitative estimate of drug-likeness (QED) is 0.718. The molecule has 3 N–H and O–H groups in total. The fraction of sp³-hybridized carbons (Fsp3) is 0.412. The third-order valence-corrected chi connectivity index (χ3v) is 5.08. The van der Waals surface area contributed by atoms with Crippen molar-refractivity contribution in [1.29, 1.82) is 0 Å². The Morgan fingerprint density at radius 2 is 2.19 bits per heavy atom. The van der Waals surface area contributed by atoms with Crippen molar-refractivity contribution in [2.24, 2.45) is 0 Å². The Labute approximate surface area is 153 Å². The lowest BCUT2D eigenvalue weighted by Crippen LogP contribution is -2.24. The third-order valence-electron chi connectivity index (χ3n) is 4.30. The van der Waals surface area contributed by atoms with Crippen LogP contribution in [0.15, 0.2) is 23.6 Å². The van der Waals surface area contributed by atoms with Crippen LogP contribution in [0, 0.1) is 0 Å². The van der Waals surface area contributed by atoms with E-state index in [9.17, 15) is 9.90 Å². The first-order valence-electron chi connectivity index (χ1n) is 8.20. The molecular weight excluding hydrogens is 360 g/mol. The number of amides is 1. The molecule has 0 unspecified atom stereocenters. The van der Waals surface area contributed by atoms with E-state index in [4.69, 9.17) is 19.3 Å². The molecule has 9 heteroatoms. The first kappa shape index (κ1) is 17.2.